The molecule has 2 aromatic carbocycles. The number of pyridine rings is 2. The van der Waals surface area contributed by atoms with Gasteiger partial charge in [-0.2, -0.15) is 10.2 Å². The molecule has 0 unspecified atom stereocenters. The molecule has 2 aliphatic heterocycles. The van der Waals surface area contributed by atoms with Crippen molar-refractivity contribution in [2.24, 2.45) is 0 Å². The standard InChI is InChI=1S/C22H22N6.C16H17ClN6.C6H7BO2.ClH/c1-3-8-17(9-4-1)18-16-19(22-23-12-15-28(22)26-18)24-20-10-7-11-21(25-20)27-13-5-2-6-14-27;17-13-11-12(16-18-7-10-23(16)21-13)19-14-5-4-6-15(20-14)22-8-2-1-3-9-22;8-7(9)6-4-2-1-3-5-6;/h1,3-4,7-12,15-16H,2,5-6,13-14H2,(H,24,25);4-7,10-11H,1-3,8-9H2,(H,19,20);1-5,8-9H;1H. The molecule has 17 heteroatoms. The molecule has 312 valence electrons. The number of hydrogen-bond acceptors (Lipinski definition) is 12. The molecule has 0 amide bonds. The number of aromatic nitrogens is 8. The van der Waals surface area contributed by atoms with Crippen LogP contribution in [0, 0.1) is 0 Å². The maximum absolute atomic E-state index is 8.58. The van der Waals surface area contributed by atoms with Crippen LogP contribution in [0.1, 0.15) is 38.5 Å². The van der Waals surface area contributed by atoms with Crippen LogP contribution in [0.2, 0.25) is 5.15 Å². The minimum absolute atomic E-state index is 0. The van der Waals surface area contributed by atoms with Gasteiger partial charge in [0.25, 0.3) is 0 Å². The average Bonchev–Trinajstić information content (AvgIpc) is 3.99. The SMILES string of the molecule is Cl.Clc1cc(Nc2cccc(N3CCCCC3)n2)c2nccn2n1.OB(O)c1ccccc1.c1ccc(-c2cc(Nc3cccc(N4CCCCC4)n3)c3nccn3n2)cc1. The molecule has 0 radical (unpaired) electrons. The number of anilines is 6. The molecule has 2 fully saturated rings. The van der Waals surface area contributed by atoms with E-state index in [1.807, 2.05) is 54.7 Å². The van der Waals surface area contributed by atoms with E-state index in [2.05, 4.69) is 70.9 Å². The maximum atomic E-state index is 8.58. The third-order valence-electron chi connectivity index (χ3n) is 10.2. The van der Waals surface area contributed by atoms with E-state index in [4.69, 9.17) is 31.6 Å². The second-order valence-corrected chi connectivity index (χ2v) is 14.9. The molecule has 0 aliphatic carbocycles. The summed E-state index contributed by atoms with van der Waals surface area (Å²) in [4.78, 5) is 23.0. The Kier molecular flexibility index (Phi) is 14.6. The Balaban J connectivity index is 0.000000153. The zero-order valence-corrected chi connectivity index (χ0v) is 35.1. The van der Waals surface area contributed by atoms with E-state index in [0.29, 0.717) is 10.6 Å². The van der Waals surface area contributed by atoms with Crippen molar-refractivity contribution in [1.29, 1.82) is 0 Å². The van der Waals surface area contributed by atoms with Crippen molar-refractivity contribution < 1.29 is 10.0 Å². The first-order valence-electron chi connectivity index (χ1n) is 20.3. The number of hydrogen-bond donors (Lipinski definition) is 4. The van der Waals surface area contributed by atoms with Crippen LogP contribution in [-0.4, -0.2) is 82.5 Å². The molecule has 8 heterocycles. The number of imidazole rings is 2. The first-order chi connectivity index (χ1) is 29.5. The molecule has 0 bridgehead atoms. The molecule has 6 aromatic heterocycles. The van der Waals surface area contributed by atoms with Crippen molar-refractivity contribution in [2.75, 3.05) is 46.6 Å². The lowest BCUT2D eigenvalue weighted by Gasteiger charge is -2.28. The van der Waals surface area contributed by atoms with Gasteiger partial charge in [-0.25, -0.2) is 29.0 Å². The number of nitrogens with one attached hydrogen (secondary N) is 2. The largest absolute Gasteiger partial charge is 0.488 e. The van der Waals surface area contributed by atoms with Gasteiger partial charge in [0, 0.05) is 62.6 Å². The van der Waals surface area contributed by atoms with Gasteiger partial charge >= 0.3 is 7.12 Å². The molecule has 14 nitrogen and oxygen atoms in total. The Hall–Kier alpha value is -6.26. The fourth-order valence-corrected chi connectivity index (χ4v) is 7.41. The molecular formula is C44H47BCl2N12O2. The van der Waals surface area contributed by atoms with E-state index in [1.54, 1.807) is 58.0 Å². The Bertz CT molecular complexity index is 2600. The second-order valence-electron chi connectivity index (χ2n) is 14.5. The van der Waals surface area contributed by atoms with Crippen molar-refractivity contribution in [2.45, 2.75) is 38.5 Å². The van der Waals surface area contributed by atoms with Gasteiger partial charge in [0.15, 0.2) is 16.4 Å². The highest BCUT2D eigenvalue weighted by Crippen LogP contribution is 2.28. The molecule has 61 heavy (non-hydrogen) atoms. The molecule has 4 N–H and O–H groups in total. The normalized spacial score (nSPS) is 13.6. The van der Waals surface area contributed by atoms with E-state index >= 15 is 0 Å². The summed E-state index contributed by atoms with van der Waals surface area (Å²) < 4.78 is 3.46. The van der Waals surface area contributed by atoms with E-state index in [0.717, 1.165) is 83.4 Å². The zero-order chi connectivity index (χ0) is 41.1. The highest BCUT2D eigenvalue weighted by Gasteiger charge is 2.16. The fourth-order valence-electron chi connectivity index (χ4n) is 7.22. The number of benzene rings is 2. The Morgan fingerprint density at radius 3 is 1.56 bits per heavy atom. The number of piperidine rings is 2. The Morgan fingerprint density at radius 2 is 1.05 bits per heavy atom. The average molecular weight is 858 g/mol. The topological polar surface area (TPSA) is 157 Å². The fraction of sp³-hybridized carbons (Fsp3) is 0.227. The monoisotopic (exact) mass is 856 g/mol. The summed E-state index contributed by atoms with van der Waals surface area (Å²) in [6.07, 6.45) is 14.6. The number of nitrogens with zero attached hydrogens (tertiary/aromatic N) is 10. The molecule has 8 aromatic rings. The highest BCUT2D eigenvalue weighted by atomic mass is 35.5. The van der Waals surface area contributed by atoms with Crippen LogP contribution >= 0.6 is 24.0 Å². The highest BCUT2D eigenvalue weighted by molar-refractivity contribution is 6.58. The minimum atomic E-state index is -1.34. The second kappa shape index (κ2) is 20.8. The Morgan fingerprint density at radius 1 is 0.557 bits per heavy atom. The molecule has 0 saturated carbocycles. The predicted octanol–water partition coefficient (Wildman–Crippen LogP) is 7.83. The maximum Gasteiger partial charge on any atom is 0.488 e. The van der Waals surface area contributed by atoms with Gasteiger partial charge in [-0.05, 0) is 74.3 Å². The van der Waals surface area contributed by atoms with Crippen LogP contribution in [0.25, 0.3) is 22.6 Å². The van der Waals surface area contributed by atoms with Gasteiger partial charge in [0.2, 0.25) is 0 Å². The van der Waals surface area contributed by atoms with Gasteiger partial charge in [0.1, 0.15) is 23.3 Å². The number of fused-ring (bicyclic) bond motifs is 2. The zero-order valence-electron chi connectivity index (χ0n) is 33.5. The van der Waals surface area contributed by atoms with Gasteiger partial charge in [0.05, 0.1) is 17.1 Å². The third-order valence-corrected chi connectivity index (χ3v) is 10.4. The van der Waals surface area contributed by atoms with E-state index in [-0.39, 0.29) is 12.4 Å². The van der Waals surface area contributed by atoms with Crippen LogP contribution in [0.5, 0.6) is 0 Å². The molecule has 0 spiro atoms. The molecule has 2 aliphatic rings. The van der Waals surface area contributed by atoms with Gasteiger partial charge in [-0.3, -0.25) is 0 Å². The van der Waals surface area contributed by atoms with Gasteiger partial charge in [-0.1, -0.05) is 84.4 Å². The quantitative estimate of drug-likeness (QED) is 0.110. The van der Waals surface area contributed by atoms with Crippen LogP contribution in [0.3, 0.4) is 0 Å². The minimum Gasteiger partial charge on any atom is -0.423 e. The summed E-state index contributed by atoms with van der Waals surface area (Å²) in [6.45, 7) is 4.30. The van der Waals surface area contributed by atoms with Crippen LogP contribution in [0.15, 0.2) is 134 Å². The molecular weight excluding hydrogens is 810 g/mol. The predicted molar refractivity (Wildman–Crippen MR) is 247 cm³/mol. The lowest BCUT2D eigenvalue weighted by atomic mass is 9.81. The lowest BCUT2D eigenvalue weighted by Crippen LogP contribution is -2.30. The number of halogens is 2. The summed E-state index contributed by atoms with van der Waals surface area (Å²) in [5.74, 6) is 3.63. The van der Waals surface area contributed by atoms with Crippen molar-refractivity contribution in [3.63, 3.8) is 0 Å². The number of rotatable bonds is 8. The van der Waals surface area contributed by atoms with Crippen molar-refractivity contribution >= 4 is 82.5 Å². The van der Waals surface area contributed by atoms with E-state index < -0.39 is 7.12 Å². The first kappa shape index (κ1) is 42.9. The van der Waals surface area contributed by atoms with Crippen LogP contribution in [-0.2, 0) is 0 Å². The summed E-state index contributed by atoms with van der Waals surface area (Å²) in [6, 6.07) is 34.8. The summed E-state index contributed by atoms with van der Waals surface area (Å²) >= 11 is 6.07. The first-order valence-corrected chi connectivity index (χ1v) is 20.6. The molecule has 0 atom stereocenters. The van der Waals surface area contributed by atoms with Crippen LogP contribution in [0.4, 0.5) is 34.6 Å². The van der Waals surface area contributed by atoms with E-state index in [9.17, 15) is 0 Å². The Labute approximate surface area is 365 Å². The third kappa shape index (κ3) is 11.1. The van der Waals surface area contributed by atoms with Gasteiger partial charge < -0.3 is 30.5 Å². The van der Waals surface area contributed by atoms with Crippen molar-refractivity contribution in [3.05, 3.63) is 139 Å². The summed E-state index contributed by atoms with van der Waals surface area (Å²) in [5.41, 5.74) is 5.67. The molecule has 10 rings (SSSR count). The lowest BCUT2D eigenvalue weighted by molar-refractivity contribution is 0.426. The van der Waals surface area contributed by atoms with Crippen LogP contribution < -0.4 is 25.9 Å². The van der Waals surface area contributed by atoms with E-state index in [1.165, 1.54) is 38.5 Å². The van der Waals surface area contributed by atoms with Crippen molar-refractivity contribution in [3.8, 4) is 11.3 Å². The van der Waals surface area contributed by atoms with Crippen molar-refractivity contribution in [1.82, 2.24) is 39.2 Å². The summed E-state index contributed by atoms with van der Waals surface area (Å²) in [5, 5.41) is 33.2. The molecule has 2 saturated heterocycles. The summed E-state index contributed by atoms with van der Waals surface area (Å²) in [7, 11) is -1.34. The smallest absolute Gasteiger partial charge is 0.423 e. The van der Waals surface area contributed by atoms with Gasteiger partial charge in [-0.15, -0.1) is 12.4 Å².